The van der Waals surface area contributed by atoms with Crippen LogP contribution in [0.5, 0.6) is 0 Å². The number of thioether (sulfide) groups is 1. The number of aromatic nitrogens is 3. The maximum absolute atomic E-state index is 12.7. The predicted octanol–water partition coefficient (Wildman–Crippen LogP) is 4.21. The monoisotopic (exact) mass is 502 g/mol. The first kappa shape index (κ1) is 23.3. The van der Waals surface area contributed by atoms with E-state index < -0.39 is 0 Å². The number of ether oxygens (including phenoxy) is 1. The van der Waals surface area contributed by atoms with Crippen LogP contribution in [-0.2, 0) is 29.0 Å². The SMILES string of the molecule is CCOC(=O)N1CCc2c(sc(NC(=O)CSc3nnc(-c4cccs4)n3CC)c2C#N)C1. The van der Waals surface area contributed by atoms with Crippen LogP contribution in [0.25, 0.3) is 10.7 Å². The molecule has 0 aromatic carbocycles. The average molecular weight is 503 g/mol. The Bertz CT molecular complexity index is 1190. The third kappa shape index (κ3) is 4.90. The van der Waals surface area contributed by atoms with Gasteiger partial charge in [0.15, 0.2) is 11.0 Å². The zero-order valence-corrected chi connectivity index (χ0v) is 20.6. The molecule has 3 aromatic rings. The molecule has 0 unspecified atom stereocenters. The Labute approximate surface area is 203 Å². The first-order valence-corrected chi connectivity index (χ1v) is 13.1. The molecule has 0 radical (unpaired) electrons. The average Bonchev–Trinajstić information content (AvgIpc) is 3.54. The van der Waals surface area contributed by atoms with Gasteiger partial charge in [0.1, 0.15) is 11.1 Å². The minimum Gasteiger partial charge on any atom is -0.450 e. The molecule has 2 amide bonds. The van der Waals surface area contributed by atoms with Crippen molar-refractivity contribution in [2.24, 2.45) is 0 Å². The first-order valence-electron chi connectivity index (χ1n) is 10.4. The summed E-state index contributed by atoms with van der Waals surface area (Å²) in [5.74, 6) is 0.713. The molecule has 1 N–H and O–H groups in total. The van der Waals surface area contributed by atoms with Crippen molar-refractivity contribution >= 4 is 51.4 Å². The van der Waals surface area contributed by atoms with Gasteiger partial charge in [0.2, 0.25) is 5.91 Å². The van der Waals surface area contributed by atoms with Gasteiger partial charge in [-0.25, -0.2) is 4.79 Å². The molecule has 33 heavy (non-hydrogen) atoms. The summed E-state index contributed by atoms with van der Waals surface area (Å²) < 4.78 is 7.07. The van der Waals surface area contributed by atoms with Gasteiger partial charge < -0.3 is 19.5 Å². The highest BCUT2D eigenvalue weighted by Crippen LogP contribution is 2.37. The molecule has 0 atom stereocenters. The van der Waals surface area contributed by atoms with Gasteiger partial charge in [0.25, 0.3) is 0 Å². The van der Waals surface area contributed by atoms with Gasteiger partial charge in [-0.05, 0) is 37.3 Å². The predicted molar refractivity (Wildman–Crippen MR) is 129 cm³/mol. The molecule has 172 valence electrons. The first-order chi connectivity index (χ1) is 16.0. The number of anilines is 1. The molecule has 4 heterocycles. The fourth-order valence-electron chi connectivity index (χ4n) is 3.54. The Kier molecular flexibility index (Phi) is 7.32. The second-order valence-corrected chi connectivity index (χ2v) is 10.1. The standard InChI is InChI=1S/C21H22N6O3S3/c1-3-27-18(15-6-5-9-31-15)24-25-20(27)32-12-17(28)23-19-14(10-22)13-7-8-26(11-16(13)33-19)21(29)30-4-2/h5-6,9H,3-4,7-8,11-12H2,1-2H3,(H,23,28). The summed E-state index contributed by atoms with van der Waals surface area (Å²) in [5, 5.41) is 24.3. The van der Waals surface area contributed by atoms with Crippen LogP contribution in [0, 0.1) is 11.3 Å². The van der Waals surface area contributed by atoms with E-state index in [2.05, 4.69) is 21.6 Å². The number of fused-ring (bicyclic) bond motifs is 1. The summed E-state index contributed by atoms with van der Waals surface area (Å²) in [6.07, 6.45) is 0.197. The van der Waals surface area contributed by atoms with Gasteiger partial charge >= 0.3 is 6.09 Å². The molecule has 12 heteroatoms. The summed E-state index contributed by atoms with van der Waals surface area (Å²) in [6, 6.07) is 6.18. The Morgan fingerprint density at radius 2 is 2.21 bits per heavy atom. The van der Waals surface area contributed by atoms with Crippen LogP contribution in [0.1, 0.15) is 29.9 Å². The minimum absolute atomic E-state index is 0.144. The van der Waals surface area contributed by atoms with E-state index >= 15 is 0 Å². The van der Waals surface area contributed by atoms with Crippen LogP contribution >= 0.6 is 34.4 Å². The zero-order valence-electron chi connectivity index (χ0n) is 18.2. The number of nitrogens with zero attached hydrogens (tertiary/aromatic N) is 5. The highest BCUT2D eigenvalue weighted by atomic mass is 32.2. The molecule has 9 nitrogen and oxygen atoms in total. The molecule has 4 rings (SSSR count). The van der Waals surface area contributed by atoms with Crippen molar-refractivity contribution in [1.82, 2.24) is 19.7 Å². The summed E-state index contributed by atoms with van der Waals surface area (Å²) >= 11 is 4.24. The maximum atomic E-state index is 12.7. The summed E-state index contributed by atoms with van der Waals surface area (Å²) in [7, 11) is 0. The van der Waals surface area contributed by atoms with E-state index in [0.717, 1.165) is 21.1 Å². The molecule has 0 spiro atoms. The van der Waals surface area contributed by atoms with Crippen molar-refractivity contribution in [2.45, 2.75) is 38.5 Å². The number of hydrogen-bond acceptors (Lipinski definition) is 9. The van der Waals surface area contributed by atoms with Crippen LogP contribution < -0.4 is 5.32 Å². The van der Waals surface area contributed by atoms with E-state index in [0.29, 0.717) is 48.4 Å². The number of carbonyl (C=O) groups is 2. The fourth-order valence-corrected chi connectivity index (χ4v) is 6.29. The van der Waals surface area contributed by atoms with Gasteiger partial charge in [0.05, 0.1) is 29.3 Å². The van der Waals surface area contributed by atoms with Gasteiger partial charge in [-0.1, -0.05) is 17.8 Å². The Hall–Kier alpha value is -2.88. The number of hydrogen-bond donors (Lipinski definition) is 1. The van der Waals surface area contributed by atoms with Crippen molar-refractivity contribution in [3.63, 3.8) is 0 Å². The third-order valence-corrected chi connectivity index (χ3v) is 8.02. The lowest BCUT2D eigenvalue weighted by Gasteiger charge is -2.25. The highest BCUT2D eigenvalue weighted by Gasteiger charge is 2.28. The summed E-state index contributed by atoms with van der Waals surface area (Å²) in [5.41, 5.74) is 1.38. The van der Waals surface area contributed by atoms with Crippen LogP contribution in [-0.4, -0.2) is 50.6 Å². The molecule has 0 saturated carbocycles. The van der Waals surface area contributed by atoms with Crippen molar-refractivity contribution < 1.29 is 14.3 Å². The van der Waals surface area contributed by atoms with Crippen molar-refractivity contribution in [2.75, 3.05) is 24.2 Å². The molecule has 0 aliphatic carbocycles. The second kappa shape index (κ2) is 10.4. The van der Waals surface area contributed by atoms with E-state index in [-0.39, 0.29) is 17.8 Å². The molecule has 1 aliphatic rings. The summed E-state index contributed by atoms with van der Waals surface area (Å²) in [6.45, 7) is 5.65. The van der Waals surface area contributed by atoms with E-state index in [1.165, 1.54) is 23.1 Å². The fraction of sp³-hybridized carbons (Fsp3) is 0.381. The van der Waals surface area contributed by atoms with Crippen molar-refractivity contribution in [1.29, 1.82) is 5.26 Å². The van der Waals surface area contributed by atoms with E-state index in [4.69, 9.17) is 4.74 Å². The smallest absolute Gasteiger partial charge is 0.410 e. The normalized spacial score (nSPS) is 12.8. The van der Waals surface area contributed by atoms with E-state index in [1.807, 2.05) is 29.0 Å². The number of thiophene rings is 2. The molecule has 0 bridgehead atoms. The van der Waals surface area contributed by atoms with Crippen molar-refractivity contribution in [3.8, 4) is 16.8 Å². The number of carbonyl (C=O) groups excluding carboxylic acids is 2. The minimum atomic E-state index is -0.362. The highest BCUT2D eigenvalue weighted by molar-refractivity contribution is 7.99. The number of rotatable bonds is 7. The Balaban J connectivity index is 1.43. The lowest BCUT2D eigenvalue weighted by Crippen LogP contribution is -2.35. The summed E-state index contributed by atoms with van der Waals surface area (Å²) in [4.78, 5) is 28.3. The van der Waals surface area contributed by atoms with E-state index in [9.17, 15) is 14.9 Å². The lowest BCUT2D eigenvalue weighted by molar-refractivity contribution is -0.113. The van der Waals surface area contributed by atoms with E-state index in [1.54, 1.807) is 23.2 Å². The topological polar surface area (TPSA) is 113 Å². The molecule has 0 saturated heterocycles. The Morgan fingerprint density at radius 1 is 1.36 bits per heavy atom. The maximum Gasteiger partial charge on any atom is 0.410 e. The number of nitriles is 1. The van der Waals surface area contributed by atoms with Gasteiger partial charge in [-0.2, -0.15) is 5.26 Å². The number of amides is 2. The van der Waals surface area contributed by atoms with Crippen molar-refractivity contribution in [3.05, 3.63) is 33.5 Å². The lowest BCUT2D eigenvalue weighted by atomic mass is 10.0. The number of nitrogens with one attached hydrogen (secondary N) is 1. The molecular weight excluding hydrogens is 480 g/mol. The van der Waals surface area contributed by atoms with Gasteiger partial charge in [0, 0.05) is 18.0 Å². The molecule has 3 aromatic heterocycles. The van der Waals surface area contributed by atoms with Gasteiger partial charge in [-0.3, -0.25) is 4.79 Å². The molecule has 0 fully saturated rings. The van der Waals surface area contributed by atoms with Crippen LogP contribution in [0.4, 0.5) is 9.80 Å². The molecule has 1 aliphatic heterocycles. The Morgan fingerprint density at radius 3 is 2.91 bits per heavy atom. The third-order valence-electron chi connectivity index (χ3n) is 5.05. The van der Waals surface area contributed by atoms with Crippen LogP contribution in [0.2, 0.25) is 0 Å². The quantitative estimate of drug-likeness (QED) is 0.482. The van der Waals surface area contributed by atoms with Gasteiger partial charge in [-0.15, -0.1) is 32.9 Å². The largest absolute Gasteiger partial charge is 0.450 e. The molecular formula is C21H22N6O3S3. The van der Waals surface area contributed by atoms with Crippen LogP contribution in [0.15, 0.2) is 22.7 Å². The zero-order chi connectivity index (χ0) is 23.4. The van der Waals surface area contributed by atoms with Crippen LogP contribution in [0.3, 0.4) is 0 Å². The second-order valence-electron chi connectivity index (χ2n) is 7.05.